The van der Waals surface area contributed by atoms with Gasteiger partial charge in [0, 0.05) is 18.6 Å². The third kappa shape index (κ3) is 2.28. The summed E-state index contributed by atoms with van der Waals surface area (Å²) < 4.78 is 1.73. The lowest BCUT2D eigenvalue weighted by Gasteiger charge is -1.99. The highest BCUT2D eigenvalue weighted by Crippen LogP contribution is 2.03. The van der Waals surface area contributed by atoms with Crippen LogP contribution >= 0.6 is 0 Å². The number of Topliss-reactive ketones (excluding diaryl/α,β-unsaturated/α-hetero) is 1. The van der Waals surface area contributed by atoms with E-state index >= 15 is 0 Å². The second-order valence-electron chi connectivity index (χ2n) is 3.34. The molecule has 0 bridgehead atoms. The summed E-state index contributed by atoms with van der Waals surface area (Å²) in [7, 11) is 0. The van der Waals surface area contributed by atoms with Crippen LogP contribution in [0.15, 0.2) is 36.9 Å². The molecule has 0 aliphatic rings. The third-order valence-corrected chi connectivity index (χ3v) is 2.11. The van der Waals surface area contributed by atoms with Crippen molar-refractivity contribution in [3.05, 3.63) is 48.0 Å². The number of pyridine rings is 1. The van der Waals surface area contributed by atoms with Crippen molar-refractivity contribution >= 4 is 5.78 Å². The van der Waals surface area contributed by atoms with E-state index in [1.54, 1.807) is 29.5 Å². The molecule has 0 spiro atoms. The van der Waals surface area contributed by atoms with E-state index < -0.39 is 0 Å². The minimum absolute atomic E-state index is 0.0347. The van der Waals surface area contributed by atoms with Crippen LogP contribution in [-0.4, -0.2) is 20.5 Å². The highest BCUT2D eigenvalue weighted by Gasteiger charge is 2.03. The minimum atomic E-state index is 0.0347. The van der Waals surface area contributed by atoms with Gasteiger partial charge in [0.15, 0.2) is 5.78 Å². The maximum atomic E-state index is 11.0. The Labute approximate surface area is 87.6 Å². The van der Waals surface area contributed by atoms with Crippen molar-refractivity contribution < 1.29 is 4.79 Å². The zero-order valence-electron chi connectivity index (χ0n) is 8.42. The first-order valence-electron chi connectivity index (χ1n) is 4.68. The molecule has 0 unspecified atom stereocenters. The molecule has 0 aliphatic carbocycles. The number of carbonyl (C=O) groups is 1. The van der Waals surface area contributed by atoms with Gasteiger partial charge >= 0.3 is 0 Å². The zero-order valence-corrected chi connectivity index (χ0v) is 8.42. The van der Waals surface area contributed by atoms with E-state index in [-0.39, 0.29) is 5.78 Å². The van der Waals surface area contributed by atoms with Crippen LogP contribution in [0.4, 0.5) is 0 Å². The Kier molecular flexibility index (Phi) is 2.58. The van der Waals surface area contributed by atoms with Crippen molar-refractivity contribution in [2.75, 3.05) is 0 Å². The average molecular weight is 201 g/mol. The summed E-state index contributed by atoms with van der Waals surface area (Å²) in [4.78, 5) is 15.1. The first-order chi connectivity index (χ1) is 7.25. The molecule has 2 rings (SSSR count). The van der Waals surface area contributed by atoms with E-state index in [1.165, 1.54) is 6.92 Å². The second-order valence-corrected chi connectivity index (χ2v) is 3.34. The van der Waals surface area contributed by atoms with Crippen molar-refractivity contribution in [1.82, 2.24) is 14.8 Å². The summed E-state index contributed by atoms with van der Waals surface area (Å²) in [5.74, 6) is 0.0347. The van der Waals surface area contributed by atoms with Crippen molar-refractivity contribution in [2.24, 2.45) is 0 Å². The number of hydrogen-bond acceptors (Lipinski definition) is 3. The molecule has 0 saturated carbocycles. The fourth-order valence-electron chi connectivity index (χ4n) is 1.31. The van der Waals surface area contributed by atoms with Crippen LogP contribution in [0.5, 0.6) is 0 Å². The summed E-state index contributed by atoms with van der Waals surface area (Å²) >= 11 is 0. The molecule has 76 valence electrons. The number of rotatable bonds is 3. The van der Waals surface area contributed by atoms with Crippen LogP contribution in [0.1, 0.15) is 22.8 Å². The van der Waals surface area contributed by atoms with E-state index in [4.69, 9.17) is 0 Å². The molecule has 0 aliphatic heterocycles. The Bertz CT molecular complexity index is 462. The van der Waals surface area contributed by atoms with Crippen LogP contribution in [0.3, 0.4) is 0 Å². The first kappa shape index (κ1) is 9.58. The maximum Gasteiger partial charge on any atom is 0.162 e. The molecular weight excluding hydrogens is 190 g/mol. The summed E-state index contributed by atoms with van der Waals surface area (Å²) in [5, 5.41) is 4.10. The molecule has 0 saturated heterocycles. The van der Waals surface area contributed by atoms with E-state index in [0.29, 0.717) is 12.1 Å². The number of nitrogens with zero attached hydrogens (tertiary/aromatic N) is 3. The third-order valence-electron chi connectivity index (χ3n) is 2.11. The zero-order chi connectivity index (χ0) is 10.7. The van der Waals surface area contributed by atoms with Gasteiger partial charge in [0.2, 0.25) is 0 Å². The molecule has 0 radical (unpaired) electrons. The van der Waals surface area contributed by atoms with Gasteiger partial charge in [0.25, 0.3) is 0 Å². The fourth-order valence-corrected chi connectivity index (χ4v) is 1.31. The molecule has 0 fully saturated rings. The van der Waals surface area contributed by atoms with E-state index in [2.05, 4.69) is 10.1 Å². The molecule has 2 aromatic heterocycles. The van der Waals surface area contributed by atoms with Crippen LogP contribution < -0.4 is 0 Å². The van der Waals surface area contributed by atoms with E-state index in [1.807, 2.05) is 12.1 Å². The van der Waals surface area contributed by atoms with Crippen LogP contribution in [0.25, 0.3) is 0 Å². The van der Waals surface area contributed by atoms with Gasteiger partial charge in [0.1, 0.15) is 0 Å². The highest BCUT2D eigenvalue weighted by atomic mass is 16.1. The lowest BCUT2D eigenvalue weighted by molar-refractivity contribution is 0.101. The molecule has 2 heterocycles. The summed E-state index contributed by atoms with van der Waals surface area (Å²) in [6.07, 6.45) is 6.84. The molecular formula is C11H11N3O. The SMILES string of the molecule is CC(=O)c1cnn(Cc2cccnc2)c1. The van der Waals surface area contributed by atoms with Crippen LogP contribution in [-0.2, 0) is 6.54 Å². The molecule has 4 nitrogen and oxygen atoms in total. The van der Waals surface area contributed by atoms with E-state index in [0.717, 1.165) is 5.56 Å². The summed E-state index contributed by atoms with van der Waals surface area (Å²) in [5.41, 5.74) is 1.70. The molecule has 4 heteroatoms. The first-order valence-corrected chi connectivity index (χ1v) is 4.68. The van der Waals surface area contributed by atoms with Gasteiger partial charge in [-0.25, -0.2) is 0 Å². The lowest BCUT2D eigenvalue weighted by Crippen LogP contribution is -2.00. The Hall–Kier alpha value is -1.97. The van der Waals surface area contributed by atoms with Crippen LogP contribution in [0.2, 0.25) is 0 Å². The Morgan fingerprint density at radius 2 is 2.33 bits per heavy atom. The topological polar surface area (TPSA) is 47.8 Å². The standard InChI is InChI=1S/C11H11N3O/c1-9(15)11-6-13-14(8-11)7-10-3-2-4-12-5-10/h2-6,8H,7H2,1H3. The van der Waals surface area contributed by atoms with Gasteiger partial charge in [-0.2, -0.15) is 5.10 Å². The monoisotopic (exact) mass is 201 g/mol. The Morgan fingerprint density at radius 1 is 1.47 bits per heavy atom. The number of aromatic nitrogens is 3. The minimum Gasteiger partial charge on any atom is -0.294 e. The molecule has 0 amide bonds. The Morgan fingerprint density at radius 3 is 2.93 bits per heavy atom. The quantitative estimate of drug-likeness (QED) is 0.707. The number of ketones is 1. The van der Waals surface area contributed by atoms with Crippen molar-refractivity contribution in [1.29, 1.82) is 0 Å². The second kappa shape index (κ2) is 4.04. The number of hydrogen-bond donors (Lipinski definition) is 0. The van der Waals surface area contributed by atoms with Crippen molar-refractivity contribution in [3.63, 3.8) is 0 Å². The fraction of sp³-hybridized carbons (Fsp3) is 0.182. The summed E-state index contributed by atoms with van der Waals surface area (Å²) in [6.45, 7) is 2.17. The normalized spacial score (nSPS) is 10.2. The molecule has 0 aromatic carbocycles. The van der Waals surface area contributed by atoms with Gasteiger partial charge < -0.3 is 0 Å². The van der Waals surface area contributed by atoms with Gasteiger partial charge in [-0.3, -0.25) is 14.5 Å². The van der Waals surface area contributed by atoms with Crippen molar-refractivity contribution in [3.8, 4) is 0 Å². The predicted molar refractivity (Wildman–Crippen MR) is 55.6 cm³/mol. The van der Waals surface area contributed by atoms with Gasteiger partial charge in [-0.15, -0.1) is 0 Å². The van der Waals surface area contributed by atoms with Gasteiger partial charge in [-0.05, 0) is 18.6 Å². The van der Waals surface area contributed by atoms with Crippen molar-refractivity contribution in [2.45, 2.75) is 13.5 Å². The number of carbonyl (C=O) groups excluding carboxylic acids is 1. The predicted octanol–water partition coefficient (Wildman–Crippen LogP) is 1.53. The maximum absolute atomic E-state index is 11.0. The smallest absolute Gasteiger partial charge is 0.162 e. The lowest BCUT2D eigenvalue weighted by atomic mass is 10.2. The average Bonchev–Trinajstić information content (AvgIpc) is 2.68. The van der Waals surface area contributed by atoms with Gasteiger partial charge in [-0.1, -0.05) is 6.07 Å². The largest absolute Gasteiger partial charge is 0.294 e. The molecule has 0 atom stereocenters. The van der Waals surface area contributed by atoms with E-state index in [9.17, 15) is 4.79 Å². The van der Waals surface area contributed by atoms with Gasteiger partial charge in [0.05, 0.1) is 18.3 Å². The highest BCUT2D eigenvalue weighted by molar-refractivity contribution is 5.93. The molecule has 2 aromatic rings. The molecule has 15 heavy (non-hydrogen) atoms. The van der Waals surface area contributed by atoms with Crippen LogP contribution in [0, 0.1) is 0 Å². The summed E-state index contributed by atoms with van der Waals surface area (Å²) in [6, 6.07) is 3.85. The Balaban J connectivity index is 2.15. The molecule has 0 N–H and O–H groups in total.